The number of hydrogen-bond donors (Lipinski definition) is 3. The van der Waals surface area contributed by atoms with Crippen molar-refractivity contribution in [3.05, 3.63) is 121 Å². The summed E-state index contributed by atoms with van der Waals surface area (Å²) in [7, 11) is 0. The molecule has 0 bridgehead atoms. The molecule has 0 aromatic heterocycles. The van der Waals surface area contributed by atoms with Crippen LogP contribution < -0.4 is 21.0 Å². The first kappa shape index (κ1) is 25.7. The molecule has 1 aliphatic rings. The van der Waals surface area contributed by atoms with Crippen LogP contribution in [0.15, 0.2) is 125 Å². The minimum atomic E-state index is -0.588. The zero-order valence-corrected chi connectivity index (χ0v) is 21.6. The predicted molar refractivity (Wildman–Crippen MR) is 155 cm³/mol. The van der Waals surface area contributed by atoms with E-state index in [2.05, 4.69) is 21.1 Å². The molecule has 0 saturated heterocycles. The van der Waals surface area contributed by atoms with E-state index >= 15 is 0 Å². The second kappa shape index (κ2) is 12.1. The SMILES string of the molecule is O=C(Nc1ccccc1)Nc1ccc(SC(C(=O)NC2=NN(c3ccccc3)C(=O)C2)c2ccccc2)cc1. The molecule has 1 aliphatic heterocycles. The maximum atomic E-state index is 13.4. The smallest absolute Gasteiger partial charge is 0.311 e. The number of urea groups is 1. The fourth-order valence-electron chi connectivity index (χ4n) is 3.95. The highest BCUT2D eigenvalue weighted by atomic mass is 32.2. The minimum Gasteiger partial charge on any atom is -0.311 e. The zero-order chi connectivity index (χ0) is 27.0. The molecule has 0 fully saturated rings. The first-order valence-electron chi connectivity index (χ1n) is 12.3. The summed E-state index contributed by atoms with van der Waals surface area (Å²) < 4.78 is 0. The summed E-state index contributed by atoms with van der Waals surface area (Å²) in [5.41, 5.74) is 2.77. The number of carbonyl (C=O) groups excluding carboxylic acids is 3. The standard InChI is InChI=1S/C30H25N5O3S/c36-27-20-26(34-35(27)24-14-8-3-9-15-24)33-29(37)28(21-10-4-1-5-11-21)39-25-18-16-23(17-19-25)32-30(38)31-22-12-6-2-7-13-22/h1-19,28H,20H2,(H2,31,32,38)(H,33,34,37). The largest absolute Gasteiger partial charge is 0.323 e. The third kappa shape index (κ3) is 6.71. The van der Waals surface area contributed by atoms with E-state index in [0.717, 1.165) is 10.5 Å². The van der Waals surface area contributed by atoms with Gasteiger partial charge in [0.25, 0.3) is 5.91 Å². The van der Waals surface area contributed by atoms with Crippen LogP contribution in [-0.2, 0) is 9.59 Å². The molecular formula is C30H25N5O3S. The lowest BCUT2D eigenvalue weighted by molar-refractivity contribution is -0.119. The highest BCUT2D eigenvalue weighted by molar-refractivity contribution is 8.00. The first-order valence-corrected chi connectivity index (χ1v) is 13.1. The highest BCUT2D eigenvalue weighted by Crippen LogP contribution is 2.36. The number of nitrogens with one attached hydrogen (secondary N) is 3. The number of rotatable bonds is 7. The topological polar surface area (TPSA) is 103 Å². The summed E-state index contributed by atoms with van der Waals surface area (Å²) in [6.07, 6.45) is 0.0121. The molecule has 0 aliphatic carbocycles. The van der Waals surface area contributed by atoms with Gasteiger partial charge in [0.15, 0.2) is 0 Å². The van der Waals surface area contributed by atoms with Crippen molar-refractivity contribution in [1.29, 1.82) is 0 Å². The molecule has 0 radical (unpaired) electrons. The van der Waals surface area contributed by atoms with E-state index in [9.17, 15) is 14.4 Å². The van der Waals surface area contributed by atoms with Crippen molar-refractivity contribution in [3.8, 4) is 0 Å². The minimum absolute atomic E-state index is 0.0121. The lowest BCUT2D eigenvalue weighted by Crippen LogP contribution is -2.33. The van der Waals surface area contributed by atoms with E-state index in [4.69, 9.17) is 0 Å². The van der Waals surface area contributed by atoms with Gasteiger partial charge in [-0.1, -0.05) is 66.7 Å². The molecule has 39 heavy (non-hydrogen) atoms. The average Bonchev–Trinajstić information content (AvgIpc) is 3.33. The van der Waals surface area contributed by atoms with Crippen molar-refractivity contribution in [2.24, 2.45) is 5.10 Å². The molecule has 0 spiro atoms. The Hall–Kier alpha value is -4.89. The monoisotopic (exact) mass is 535 g/mol. The van der Waals surface area contributed by atoms with Crippen LogP contribution in [0.1, 0.15) is 17.2 Å². The van der Waals surface area contributed by atoms with Gasteiger partial charge in [0.2, 0.25) is 5.91 Å². The van der Waals surface area contributed by atoms with Crippen molar-refractivity contribution >= 4 is 52.5 Å². The van der Waals surface area contributed by atoms with Crippen molar-refractivity contribution in [3.63, 3.8) is 0 Å². The average molecular weight is 536 g/mol. The molecule has 5 rings (SSSR count). The Morgan fingerprint density at radius 1 is 0.718 bits per heavy atom. The van der Waals surface area contributed by atoms with Crippen molar-refractivity contribution in [2.75, 3.05) is 15.6 Å². The van der Waals surface area contributed by atoms with Gasteiger partial charge in [-0.2, -0.15) is 10.1 Å². The third-order valence-corrected chi connectivity index (χ3v) is 7.05. The Bertz CT molecular complexity index is 1480. The van der Waals surface area contributed by atoms with Crippen LogP contribution >= 0.6 is 11.8 Å². The molecule has 1 unspecified atom stereocenters. The number of amides is 4. The lowest BCUT2D eigenvalue weighted by Gasteiger charge is -2.17. The summed E-state index contributed by atoms with van der Waals surface area (Å²) in [4.78, 5) is 39.1. The number of thioether (sulfide) groups is 1. The number of carbonyl (C=O) groups is 3. The summed E-state index contributed by atoms with van der Waals surface area (Å²) >= 11 is 1.37. The summed E-state index contributed by atoms with van der Waals surface area (Å²) in [5.74, 6) is -0.184. The van der Waals surface area contributed by atoms with E-state index in [1.165, 1.54) is 16.8 Å². The van der Waals surface area contributed by atoms with Gasteiger partial charge in [-0.05, 0) is 54.1 Å². The summed E-state index contributed by atoms with van der Waals surface area (Å²) in [5, 5.41) is 13.5. The summed E-state index contributed by atoms with van der Waals surface area (Å²) in [6.45, 7) is 0. The van der Waals surface area contributed by atoms with Gasteiger partial charge in [-0.25, -0.2) is 4.79 Å². The Kier molecular flexibility index (Phi) is 7.99. The van der Waals surface area contributed by atoms with Crippen LogP contribution in [0.4, 0.5) is 21.9 Å². The first-order chi connectivity index (χ1) is 19.0. The molecule has 8 nitrogen and oxygen atoms in total. The summed E-state index contributed by atoms with van der Waals surface area (Å²) in [6, 6.07) is 34.6. The second-order valence-corrected chi connectivity index (χ2v) is 9.81. The molecule has 3 N–H and O–H groups in total. The molecular weight excluding hydrogens is 510 g/mol. The van der Waals surface area contributed by atoms with Gasteiger partial charge >= 0.3 is 6.03 Å². The second-order valence-electron chi connectivity index (χ2n) is 8.63. The number of nitrogens with zero attached hydrogens (tertiary/aromatic N) is 2. The molecule has 4 amide bonds. The number of benzene rings is 4. The lowest BCUT2D eigenvalue weighted by atomic mass is 10.1. The molecule has 1 heterocycles. The Morgan fingerprint density at radius 2 is 1.28 bits per heavy atom. The normalized spacial score (nSPS) is 13.4. The molecule has 4 aromatic rings. The molecule has 4 aromatic carbocycles. The fraction of sp³-hybridized carbons (Fsp3) is 0.0667. The van der Waals surface area contributed by atoms with Crippen molar-refractivity contribution in [2.45, 2.75) is 16.6 Å². The molecule has 9 heteroatoms. The van der Waals surface area contributed by atoms with Gasteiger partial charge in [0, 0.05) is 16.3 Å². The quantitative estimate of drug-likeness (QED) is 0.251. The van der Waals surface area contributed by atoms with E-state index in [1.807, 2.05) is 78.9 Å². The van der Waals surface area contributed by atoms with Crippen molar-refractivity contribution in [1.82, 2.24) is 5.32 Å². The van der Waals surface area contributed by atoms with Gasteiger partial charge < -0.3 is 16.0 Å². The Morgan fingerprint density at radius 3 is 1.92 bits per heavy atom. The third-order valence-electron chi connectivity index (χ3n) is 5.78. The number of para-hydroxylation sites is 2. The van der Waals surface area contributed by atoms with E-state index in [0.29, 0.717) is 22.9 Å². The van der Waals surface area contributed by atoms with Crippen LogP contribution in [0.2, 0.25) is 0 Å². The van der Waals surface area contributed by atoms with Crippen molar-refractivity contribution < 1.29 is 14.4 Å². The van der Waals surface area contributed by atoms with E-state index in [1.54, 1.807) is 36.4 Å². The van der Waals surface area contributed by atoms with Crippen LogP contribution in [0.25, 0.3) is 0 Å². The van der Waals surface area contributed by atoms with Gasteiger partial charge in [-0.3, -0.25) is 9.59 Å². The van der Waals surface area contributed by atoms with Crippen LogP contribution in [0.5, 0.6) is 0 Å². The van der Waals surface area contributed by atoms with E-state index < -0.39 is 5.25 Å². The Balaban J connectivity index is 1.27. The number of amidine groups is 1. The molecule has 1 atom stereocenters. The number of hydrazone groups is 1. The maximum absolute atomic E-state index is 13.4. The van der Waals surface area contributed by atoms with Gasteiger partial charge in [-0.15, -0.1) is 11.8 Å². The highest BCUT2D eigenvalue weighted by Gasteiger charge is 2.29. The molecule has 194 valence electrons. The maximum Gasteiger partial charge on any atom is 0.323 e. The van der Waals surface area contributed by atoms with E-state index in [-0.39, 0.29) is 24.3 Å². The van der Waals surface area contributed by atoms with Crippen LogP contribution in [-0.4, -0.2) is 23.7 Å². The molecule has 0 saturated carbocycles. The predicted octanol–water partition coefficient (Wildman–Crippen LogP) is 6.03. The van der Waals surface area contributed by atoms with Crippen LogP contribution in [0, 0.1) is 0 Å². The van der Waals surface area contributed by atoms with Gasteiger partial charge in [0.1, 0.15) is 11.1 Å². The van der Waals surface area contributed by atoms with Gasteiger partial charge in [0.05, 0.1) is 12.1 Å². The van der Waals surface area contributed by atoms with Crippen LogP contribution in [0.3, 0.4) is 0 Å². The Labute approximate surface area is 230 Å². The fourth-order valence-corrected chi connectivity index (χ4v) is 4.97. The zero-order valence-electron chi connectivity index (χ0n) is 20.8. The number of anilines is 3. The number of hydrogen-bond acceptors (Lipinski definition) is 5.